The molecule has 18 heavy (non-hydrogen) atoms. The van der Waals surface area contributed by atoms with E-state index in [-0.39, 0.29) is 0 Å². The molecule has 0 atom stereocenters. The number of unbranched alkanes of at least 4 members (excludes halogenated alkanes) is 1. The Bertz CT molecular complexity index is 59.7. The topological polar surface area (TPSA) is 0 Å². The highest BCUT2D eigenvalue weighted by molar-refractivity contribution is 4.42. The Kier molecular flexibility index (Phi) is 74.4. The molecule has 0 aliphatic heterocycles. The molecule has 0 saturated carbocycles. The maximum Gasteiger partial charge on any atom is -0.0471 e. The van der Waals surface area contributed by atoms with Crippen molar-refractivity contribution in [2.24, 2.45) is 11.8 Å². The summed E-state index contributed by atoms with van der Waals surface area (Å²) in [6.45, 7) is 25.5. The highest BCUT2D eigenvalue weighted by Crippen LogP contribution is 2.04. The summed E-state index contributed by atoms with van der Waals surface area (Å²) in [4.78, 5) is 0. The molecule has 0 aliphatic rings. The molecule has 0 heterocycles. The Labute approximate surface area is 121 Å². The van der Waals surface area contributed by atoms with Crippen LogP contribution in [0.4, 0.5) is 0 Å². The van der Waals surface area contributed by atoms with Crippen molar-refractivity contribution in [3.8, 4) is 0 Å². The molecule has 0 aromatic heterocycles. The van der Waals surface area contributed by atoms with Gasteiger partial charge in [-0.2, -0.15) is 0 Å². The first-order chi connectivity index (χ1) is 8.42. The molecule has 0 amide bonds. The second kappa shape index (κ2) is 43.5. The first-order valence-corrected chi connectivity index (χ1v) is 8.42. The lowest BCUT2D eigenvalue weighted by Gasteiger charge is -1.98. The van der Waals surface area contributed by atoms with Crippen LogP contribution in [0.3, 0.4) is 0 Å². The summed E-state index contributed by atoms with van der Waals surface area (Å²) in [7, 11) is 0. The Morgan fingerprint density at radius 1 is 0.667 bits per heavy atom. The quantitative estimate of drug-likeness (QED) is 0.484. The van der Waals surface area contributed by atoms with Crippen molar-refractivity contribution in [3.05, 3.63) is 0 Å². The lowest BCUT2D eigenvalue weighted by molar-refractivity contribution is 0.550. The molecule has 0 unspecified atom stereocenters. The van der Waals surface area contributed by atoms with Crippen molar-refractivity contribution in [1.29, 1.82) is 0 Å². The molecule has 0 saturated heterocycles. The zero-order chi connectivity index (χ0) is 16.0. The van der Waals surface area contributed by atoms with Gasteiger partial charge in [0.15, 0.2) is 0 Å². The third-order valence-electron chi connectivity index (χ3n) is 1.14. The van der Waals surface area contributed by atoms with Gasteiger partial charge in [0.05, 0.1) is 0 Å². The molecule has 0 heteroatoms. The van der Waals surface area contributed by atoms with Gasteiger partial charge in [-0.3, -0.25) is 0 Å². The van der Waals surface area contributed by atoms with E-state index in [1.165, 1.54) is 25.7 Å². The van der Waals surface area contributed by atoms with Crippen molar-refractivity contribution in [2.75, 3.05) is 0 Å². The number of hydrogen-bond donors (Lipinski definition) is 0. The van der Waals surface area contributed by atoms with Gasteiger partial charge in [-0.1, -0.05) is 109 Å². The Morgan fingerprint density at radius 2 is 0.889 bits per heavy atom. The molecule has 0 radical (unpaired) electrons. The highest BCUT2D eigenvalue weighted by atomic mass is 13.9. The molecule has 0 N–H and O–H groups in total. The van der Waals surface area contributed by atoms with E-state index in [0.29, 0.717) is 0 Å². The van der Waals surface area contributed by atoms with Crippen LogP contribution in [-0.2, 0) is 0 Å². The van der Waals surface area contributed by atoms with Crippen molar-refractivity contribution < 1.29 is 0 Å². The summed E-state index contributed by atoms with van der Waals surface area (Å²) in [5.74, 6) is 1.74. The molecule has 0 aliphatic carbocycles. The summed E-state index contributed by atoms with van der Waals surface area (Å²) < 4.78 is 0. The van der Waals surface area contributed by atoms with E-state index in [0.717, 1.165) is 11.8 Å². The fraction of sp³-hybridized carbons (Fsp3) is 1.00. The minimum Gasteiger partial charge on any atom is -0.0683 e. The zero-order valence-electron chi connectivity index (χ0n) is 16.0. The molecule has 0 spiro atoms. The Hall–Kier alpha value is 0. The van der Waals surface area contributed by atoms with E-state index in [1.807, 2.05) is 27.7 Å². The van der Waals surface area contributed by atoms with Crippen LogP contribution in [0.25, 0.3) is 0 Å². The van der Waals surface area contributed by atoms with Crippen LogP contribution in [0.1, 0.15) is 109 Å². The van der Waals surface area contributed by atoms with E-state index in [2.05, 4.69) is 55.4 Å². The van der Waals surface area contributed by atoms with Crippen molar-refractivity contribution in [1.82, 2.24) is 0 Å². The first kappa shape index (κ1) is 30.8. The lowest BCUT2D eigenvalue weighted by atomic mass is 10.1. The highest BCUT2D eigenvalue weighted by Gasteiger charge is 1.88. The van der Waals surface area contributed by atoms with Crippen LogP contribution in [-0.4, -0.2) is 0 Å². The molecular weight excluding hydrogens is 216 g/mol. The average molecular weight is 263 g/mol. The smallest absolute Gasteiger partial charge is 0.0471 e. The number of hydrogen-bond acceptors (Lipinski definition) is 0. The van der Waals surface area contributed by atoms with Gasteiger partial charge in [0.25, 0.3) is 0 Å². The maximum absolute atomic E-state index is 2.27. The van der Waals surface area contributed by atoms with Crippen LogP contribution in [0.5, 0.6) is 0 Å². The molecule has 0 aromatic rings. The van der Waals surface area contributed by atoms with E-state index >= 15 is 0 Å². The summed E-state index contributed by atoms with van der Waals surface area (Å²) in [5.41, 5.74) is 0. The molecule has 0 nitrogen and oxygen atoms in total. The maximum atomic E-state index is 2.27. The molecule has 0 bridgehead atoms. The second-order valence-electron chi connectivity index (χ2n) is 4.98. The first-order valence-electron chi connectivity index (χ1n) is 8.42. The molecule has 0 aromatic carbocycles. The summed E-state index contributed by atoms with van der Waals surface area (Å²) in [6.07, 6.45) is 5.40. The normalized spacial score (nSPS) is 7.67. The molecule has 118 valence electrons. The predicted molar refractivity (Wildman–Crippen MR) is 93.5 cm³/mol. The monoisotopic (exact) mass is 262 g/mol. The van der Waals surface area contributed by atoms with E-state index in [9.17, 15) is 0 Å². The van der Waals surface area contributed by atoms with Crippen LogP contribution in [0.2, 0.25) is 0 Å². The fourth-order valence-corrected chi connectivity index (χ4v) is 0.612. The largest absolute Gasteiger partial charge is 0.0683 e. The van der Waals surface area contributed by atoms with Gasteiger partial charge in [0.1, 0.15) is 0 Å². The van der Waals surface area contributed by atoms with E-state index < -0.39 is 0 Å². The summed E-state index contributed by atoms with van der Waals surface area (Å²) in [5, 5.41) is 0. The second-order valence-corrected chi connectivity index (χ2v) is 4.98. The standard InChI is InChI=1S/C7H16.C4H10.C3H8.2C2H6/c1-4-5-6-7(2)3;1-4(2)3;1-3-2;2*1-2/h7H,4-6H2,1-3H3;4H,1-3H3;3H2,1-2H3;2*1-2H3. The van der Waals surface area contributed by atoms with Crippen molar-refractivity contribution in [3.63, 3.8) is 0 Å². The molecular formula is C18H46. The van der Waals surface area contributed by atoms with Gasteiger partial charge in [-0.25, -0.2) is 0 Å². The lowest BCUT2D eigenvalue weighted by Crippen LogP contribution is -1.83. The third-order valence-corrected chi connectivity index (χ3v) is 1.14. The summed E-state index contributed by atoms with van der Waals surface area (Å²) >= 11 is 0. The zero-order valence-corrected chi connectivity index (χ0v) is 16.0. The minimum atomic E-state index is 0.833. The Balaban J connectivity index is -0.0000000441. The van der Waals surface area contributed by atoms with Gasteiger partial charge >= 0.3 is 0 Å². The average Bonchev–Trinajstić information content (AvgIpc) is 2.32. The van der Waals surface area contributed by atoms with Gasteiger partial charge in [-0.15, -0.1) is 0 Å². The van der Waals surface area contributed by atoms with Crippen LogP contribution >= 0.6 is 0 Å². The third kappa shape index (κ3) is 225. The number of rotatable bonds is 3. The molecule has 0 fully saturated rings. The Morgan fingerprint density at radius 3 is 0.944 bits per heavy atom. The minimum absolute atomic E-state index is 0.833. The molecule has 0 rings (SSSR count). The van der Waals surface area contributed by atoms with E-state index in [1.54, 1.807) is 0 Å². The predicted octanol–water partition coefficient (Wildman–Crippen LogP) is 7.96. The van der Waals surface area contributed by atoms with Crippen molar-refractivity contribution >= 4 is 0 Å². The van der Waals surface area contributed by atoms with Gasteiger partial charge in [0, 0.05) is 0 Å². The van der Waals surface area contributed by atoms with Crippen LogP contribution in [0.15, 0.2) is 0 Å². The summed E-state index contributed by atoms with van der Waals surface area (Å²) in [6, 6.07) is 0. The van der Waals surface area contributed by atoms with Crippen molar-refractivity contribution in [2.45, 2.75) is 109 Å². The van der Waals surface area contributed by atoms with Crippen LogP contribution in [0, 0.1) is 11.8 Å². The van der Waals surface area contributed by atoms with Crippen LogP contribution < -0.4 is 0 Å². The fourth-order valence-electron chi connectivity index (χ4n) is 0.612. The van der Waals surface area contributed by atoms with E-state index in [4.69, 9.17) is 0 Å². The SMILES string of the molecule is CC.CC.CC(C)C.CCC.CCCCC(C)C. The van der Waals surface area contributed by atoms with Gasteiger partial charge in [-0.05, 0) is 11.8 Å². The van der Waals surface area contributed by atoms with Gasteiger partial charge in [0.2, 0.25) is 0 Å². The van der Waals surface area contributed by atoms with Gasteiger partial charge < -0.3 is 0 Å².